The van der Waals surface area contributed by atoms with Gasteiger partial charge in [-0.05, 0) is 36.4 Å². The Morgan fingerprint density at radius 1 is 1.24 bits per heavy atom. The lowest BCUT2D eigenvalue weighted by molar-refractivity contribution is 0.415. The number of hydrogen-bond donors (Lipinski definition) is 2. The van der Waals surface area contributed by atoms with Crippen molar-refractivity contribution in [2.75, 3.05) is 17.6 Å². The summed E-state index contributed by atoms with van der Waals surface area (Å²) >= 11 is 5.92. The van der Waals surface area contributed by atoms with Crippen molar-refractivity contribution >= 4 is 33.0 Å². The molecule has 5 nitrogen and oxygen atoms in total. The molecule has 0 aliphatic heterocycles. The van der Waals surface area contributed by atoms with Crippen molar-refractivity contribution in [2.24, 2.45) is 0 Å². The molecule has 0 heterocycles. The van der Waals surface area contributed by atoms with Crippen LogP contribution in [0.1, 0.15) is 0 Å². The third-order valence-electron chi connectivity index (χ3n) is 2.67. The summed E-state index contributed by atoms with van der Waals surface area (Å²) < 4.78 is 44.7. The second-order valence-electron chi connectivity index (χ2n) is 4.14. The van der Waals surface area contributed by atoms with E-state index in [9.17, 15) is 12.8 Å². The molecule has 0 amide bonds. The Labute approximate surface area is 126 Å². The largest absolute Gasteiger partial charge is 0.495 e. The fraction of sp³-hybridized carbons (Fsp3) is 0.0769. The van der Waals surface area contributed by atoms with Gasteiger partial charge >= 0.3 is 0 Å². The molecule has 0 fully saturated rings. The van der Waals surface area contributed by atoms with Crippen LogP contribution in [0.2, 0.25) is 5.02 Å². The van der Waals surface area contributed by atoms with E-state index in [4.69, 9.17) is 22.1 Å². The van der Waals surface area contributed by atoms with Gasteiger partial charge < -0.3 is 10.5 Å². The molecule has 0 radical (unpaired) electrons. The van der Waals surface area contributed by atoms with E-state index < -0.39 is 15.8 Å². The van der Waals surface area contributed by atoms with Crippen LogP contribution in [-0.2, 0) is 10.0 Å². The molecule has 0 unspecified atom stereocenters. The van der Waals surface area contributed by atoms with Crippen molar-refractivity contribution < 1.29 is 17.5 Å². The van der Waals surface area contributed by atoms with Crippen LogP contribution in [0.3, 0.4) is 0 Å². The molecule has 2 rings (SSSR count). The number of halogens is 2. The van der Waals surface area contributed by atoms with Gasteiger partial charge in [0.1, 0.15) is 16.5 Å². The monoisotopic (exact) mass is 330 g/mol. The number of rotatable bonds is 4. The minimum absolute atomic E-state index is 0.179. The lowest BCUT2D eigenvalue weighted by Crippen LogP contribution is -2.15. The van der Waals surface area contributed by atoms with Crippen LogP contribution in [0.25, 0.3) is 0 Å². The van der Waals surface area contributed by atoms with Gasteiger partial charge in [-0.1, -0.05) is 11.6 Å². The predicted molar refractivity (Wildman–Crippen MR) is 79.6 cm³/mol. The molecule has 0 atom stereocenters. The highest BCUT2D eigenvalue weighted by Crippen LogP contribution is 2.29. The third-order valence-corrected chi connectivity index (χ3v) is 4.42. The van der Waals surface area contributed by atoms with E-state index in [1.54, 1.807) is 0 Å². The Hall–Kier alpha value is -1.99. The Balaban J connectivity index is 2.35. The normalized spacial score (nSPS) is 11.2. The Kier molecular flexibility index (Phi) is 4.24. The molecule has 0 aliphatic rings. The first-order chi connectivity index (χ1) is 9.83. The highest BCUT2D eigenvalue weighted by Gasteiger charge is 2.18. The van der Waals surface area contributed by atoms with Crippen LogP contribution < -0.4 is 15.2 Å². The standard InChI is InChI=1S/C13H12ClFN2O3S/c1-20-12-4-3-9(7-10(12)14)17-21(18,19)13-5-2-8(15)6-11(13)16/h2-7,17H,16H2,1H3. The summed E-state index contributed by atoms with van der Waals surface area (Å²) in [5, 5.41) is 0.254. The molecule has 112 valence electrons. The van der Waals surface area contributed by atoms with Crippen molar-refractivity contribution in [2.45, 2.75) is 4.90 Å². The summed E-state index contributed by atoms with van der Waals surface area (Å²) in [5.74, 6) is -0.195. The second kappa shape index (κ2) is 5.79. The van der Waals surface area contributed by atoms with E-state index in [2.05, 4.69) is 4.72 Å². The number of nitrogen functional groups attached to an aromatic ring is 1. The quantitative estimate of drug-likeness (QED) is 0.845. The second-order valence-corrected chi connectivity index (χ2v) is 6.19. The average molecular weight is 331 g/mol. The van der Waals surface area contributed by atoms with Crippen molar-refractivity contribution in [3.63, 3.8) is 0 Å². The van der Waals surface area contributed by atoms with Crippen LogP contribution in [0.4, 0.5) is 15.8 Å². The number of ether oxygens (including phenoxy) is 1. The van der Waals surface area contributed by atoms with E-state index in [1.165, 1.54) is 25.3 Å². The Morgan fingerprint density at radius 3 is 2.52 bits per heavy atom. The van der Waals surface area contributed by atoms with Crippen LogP contribution in [0.5, 0.6) is 5.75 Å². The SMILES string of the molecule is COc1ccc(NS(=O)(=O)c2ccc(F)cc2N)cc1Cl. The van der Waals surface area contributed by atoms with Gasteiger partial charge in [0.25, 0.3) is 10.0 Å². The zero-order valence-electron chi connectivity index (χ0n) is 10.9. The van der Waals surface area contributed by atoms with Gasteiger partial charge in [0.05, 0.1) is 23.5 Å². The third kappa shape index (κ3) is 3.37. The molecule has 21 heavy (non-hydrogen) atoms. The first-order valence-electron chi connectivity index (χ1n) is 5.75. The fourth-order valence-corrected chi connectivity index (χ4v) is 3.13. The maximum absolute atomic E-state index is 13.0. The highest BCUT2D eigenvalue weighted by atomic mass is 35.5. The molecular weight excluding hydrogens is 319 g/mol. The molecule has 2 aromatic carbocycles. The van der Waals surface area contributed by atoms with E-state index in [0.717, 1.165) is 18.2 Å². The van der Waals surface area contributed by atoms with E-state index >= 15 is 0 Å². The lowest BCUT2D eigenvalue weighted by atomic mass is 10.3. The zero-order chi connectivity index (χ0) is 15.6. The zero-order valence-corrected chi connectivity index (χ0v) is 12.5. The molecule has 0 aliphatic carbocycles. The summed E-state index contributed by atoms with van der Waals surface area (Å²) in [5.41, 5.74) is 5.59. The molecule has 0 aromatic heterocycles. The van der Waals surface area contributed by atoms with Gasteiger partial charge in [-0.2, -0.15) is 0 Å². The lowest BCUT2D eigenvalue weighted by Gasteiger charge is -2.11. The van der Waals surface area contributed by atoms with Gasteiger partial charge in [0.15, 0.2) is 0 Å². The van der Waals surface area contributed by atoms with E-state index in [-0.39, 0.29) is 21.3 Å². The number of methoxy groups -OCH3 is 1. The first-order valence-corrected chi connectivity index (χ1v) is 7.61. The molecule has 0 spiro atoms. The topological polar surface area (TPSA) is 81.4 Å². The van der Waals surface area contributed by atoms with E-state index in [1.807, 2.05) is 0 Å². The summed E-state index contributed by atoms with van der Waals surface area (Å²) in [4.78, 5) is -0.212. The summed E-state index contributed by atoms with van der Waals surface area (Å²) in [7, 11) is -2.49. The molecule has 0 bridgehead atoms. The maximum atomic E-state index is 13.0. The van der Waals surface area contributed by atoms with Gasteiger partial charge in [-0.25, -0.2) is 12.8 Å². The van der Waals surface area contributed by atoms with Crippen LogP contribution in [0, 0.1) is 5.82 Å². The van der Waals surface area contributed by atoms with Crippen LogP contribution >= 0.6 is 11.6 Å². The van der Waals surface area contributed by atoms with Crippen molar-refractivity contribution in [3.05, 3.63) is 47.2 Å². The van der Waals surface area contributed by atoms with Gasteiger partial charge in [-0.3, -0.25) is 4.72 Å². The van der Waals surface area contributed by atoms with Crippen molar-refractivity contribution in [1.29, 1.82) is 0 Å². The number of benzene rings is 2. The smallest absolute Gasteiger partial charge is 0.263 e. The maximum Gasteiger partial charge on any atom is 0.263 e. The van der Waals surface area contributed by atoms with Crippen molar-refractivity contribution in [1.82, 2.24) is 0 Å². The highest BCUT2D eigenvalue weighted by molar-refractivity contribution is 7.92. The van der Waals surface area contributed by atoms with Gasteiger partial charge in [-0.15, -0.1) is 0 Å². The van der Waals surface area contributed by atoms with Gasteiger partial charge in [0, 0.05) is 0 Å². The van der Waals surface area contributed by atoms with Gasteiger partial charge in [0.2, 0.25) is 0 Å². The Bertz CT molecular complexity index is 781. The first kappa shape index (κ1) is 15.4. The molecule has 8 heteroatoms. The number of nitrogens with two attached hydrogens (primary N) is 1. The van der Waals surface area contributed by atoms with Crippen LogP contribution in [0.15, 0.2) is 41.3 Å². The molecule has 0 saturated heterocycles. The van der Waals surface area contributed by atoms with Crippen molar-refractivity contribution in [3.8, 4) is 5.75 Å². The molecule has 2 aromatic rings. The number of anilines is 2. The van der Waals surface area contributed by atoms with E-state index in [0.29, 0.717) is 5.75 Å². The average Bonchev–Trinajstić information content (AvgIpc) is 2.37. The number of hydrogen-bond acceptors (Lipinski definition) is 4. The predicted octanol–water partition coefficient (Wildman–Crippen LogP) is 2.87. The number of nitrogens with one attached hydrogen (secondary N) is 1. The number of sulfonamides is 1. The summed E-state index contributed by atoms with van der Waals surface area (Å²) in [6.45, 7) is 0. The van der Waals surface area contributed by atoms with Crippen LogP contribution in [-0.4, -0.2) is 15.5 Å². The summed E-state index contributed by atoms with van der Waals surface area (Å²) in [6, 6.07) is 7.47. The molecular formula is C13H12ClFN2O3S. The minimum Gasteiger partial charge on any atom is -0.495 e. The fourth-order valence-electron chi connectivity index (χ4n) is 1.70. The molecule has 3 N–H and O–H groups in total. The Morgan fingerprint density at radius 2 is 1.95 bits per heavy atom. The summed E-state index contributed by atoms with van der Waals surface area (Å²) in [6.07, 6.45) is 0. The minimum atomic E-state index is -3.94. The molecule has 0 saturated carbocycles.